The van der Waals surface area contributed by atoms with Gasteiger partial charge in [0.1, 0.15) is 23.0 Å². The van der Waals surface area contributed by atoms with Crippen LogP contribution in [0.1, 0.15) is 132 Å². The zero-order valence-corrected chi connectivity index (χ0v) is 42.0. The second-order valence-corrected chi connectivity index (χ2v) is 25.5. The molecule has 0 spiro atoms. The predicted molar refractivity (Wildman–Crippen MR) is 287 cm³/mol. The molecule has 5 heteroatoms. The van der Waals surface area contributed by atoms with Crippen LogP contribution in [0.25, 0.3) is 76.2 Å². The number of hydrogen-bond acceptors (Lipinski definition) is 2. The van der Waals surface area contributed by atoms with Crippen LogP contribution in [0, 0.1) is 0 Å². The average Bonchev–Trinajstić information content (AvgIpc) is 3.97. The molecule has 0 unspecified atom stereocenters. The second kappa shape index (κ2) is 12.5. The Morgan fingerprint density at radius 2 is 0.672 bits per heavy atom. The summed E-state index contributed by atoms with van der Waals surface area (Å²) in [7, 11) is 0. The van der Waals surface area contributed by atoms with Crippen LogP contribution in [0.4, 0.5) is 0 Å². The van der Waals surface area contributed by atoms with Crippen molar-refractivity contribution in [2.24, 2.45) is 0 Å². The predicted octanol–water partition coefficient (Wildman–Crippen LogP) is 15.2. The van der Waals surface area contributed by atoms with Crippen molar-refractivity contribution in [2.75, 3.05) is 0 Å². The number of fused-ring (bicyclic) bond motifs is 18. The van der Waals surface area contributed by atoms with Gasteiger partial charge in [-0.1, -0.05) is 128 Å². The molecule has 0 bridgehead atoms. The Balaban J connectivity index is 1.15. The first-order valence-corrected chi connectivity index (χ1v) is 24.5. The van der Waals surface area contributed by atoms with E-state index in [0.29, 0.717) is 0 Å². The minimum atomic E-state index is -0.141. The van der Waals surface area contributed by atoms with Crippen molar-refractivity contribution in [2.45, 2.75) is 131 Å². The summed E-state index contributed by atoms with van der Waals surface area (Å²) in [5.41, 5.74) is 17.3. The van der Waals surface area contributed by atoms with E-state index in [1.165, 1.54) is 115 Å². The fraction of sp³-hybridized carbons (Fsp3) is 0.323. The summed E-state index contributed by atoms with van der Waals surface area (Å²) in [5.74, 6) is 3.70. The van der Waals surface area contributed by atoms with Gasteiger partial charge in [0.05, 0.1) is 43.9 Å². The quantitative estimate of drug-likeness (QED) is 0.142. The Morgan fingerprint density at radius 3 is 1.04 bits per heavy atom. The van der Waals surface area contributed by atoms with E-state index in [0.717, 1.165) is 28.5 Å². The van der Waals surface area contributed by atoms with Gasteiger partial charge in [0.25, 0.3) is 6.71 Å². The van der Waals surface area contributed by atoms with E-state index in [4.69, 9.17) is 9.47 Å². The molecule has 11 aromatic rings. The van der Waals surface area contributed by atoms with Gasteiger partial charge < -0.3 is 18.3 Å². The third kappa shape index (κ3) is 5.43. The van der Waals surface area contributed by atoms with Gasteiger partial charge in [-0.15, -0.1) is 0 Å². The van der Waals surface area contributed by atoms with E-state index in [-0.39, 0.29) is 33.8 Å². The maximum Gasteiger partial charge on any atom is 0.260 e. The molecular weight excluding hydrogens is 816 g/mol. The second-order valence-electron chi connectivity index (χ2n) is 25.5. The summed E-state index contributed by atoms with van der Waals surface area (Å²) in [6, 6.07) is 38.2. The van der Waals surface area contributed by atoms with Crippen molar-refractivity contribution in [1.29, 1.82) is 0 Å². The van der Waals surface area contributed by atoms with E-state index in [1.807, 2.05) is 0 Å². The minimum absolute atomic E-state index is 0.0371. The molecule has 67 heavy (non-hydrogen) atoms. The van der Waals surface area contributed by atoms with Crippen molar-refractivity contribution in [3.63, 3.8) is 0 Å². The SMILES string of the molecule is CC(C)(C)c1cc2c3c(c1)Oc1c(ccc4c1c1cc(C(C)(C)C)cc5c6cc(C(C)(C)C)ccc6n4c51)B3c1ccc3c(c1O2)c1cc(C(C)(C)C)cc2c4cc(C(C)(C)C)ccc4n3c21. The molecule has 0 radical (unpaired) electrons. The lowest BCUT2D eigenvalue weighted by Crippen LogP contribution is -2.57. The lowest BCUT2D eigenvalue weighted by Gasteiger charge is -2.35. The van der Waals surface area contributed by atoms with E-state index in [2.05, 4.69) is 210 Å². The van der Waals surface area contributed by atoms with Crippen LogP contribution in [-0.2, 0) is 27.1 Å². The van der Waals surface area contributed by atoms with E-state index in [9.17, 15) is 0 Å². The maximum atomic E-state index is 7.47. The topological polar surface area (TPSA) is 27.3 Å². The molecule has 4 nitrogen and oxygen atoms in total. The molecule has 0 N–H and O–H groups in total. The molecule has 334 valence electrons. The van der Waals surface area contributed by atoms with Crippen LogP contribution in [0.3, 0.4) is 0 Å². The number of ether oxygens (including phenoxy) is 2. The Labute approximate surface area is 394 Å². The Hall–Kier alpha value is -6.20. The molecule has 0 fully saturated rings. The zero-order chi connectivity index (χ0) is 47.0. The van der Waals surface area contributed by atoms with Gasteiger partial charge in [0, 0.05) is 37.8 Å². The highest BCUT2D eigenvalue weighted by Crippen LogP contribution is 2.50. The summed E-state index contributed by atoms with van der Waals surface area (Å²) < 4.78 is 20.0. The van der Waals surface area contributed by atoms with Gasteiger partial charge in [-0.05, 0) is 139 Å². The number of rotatable bonds is 0. The molecular formula is C62H61BN2O2. The highest BCUT2D eigenvalue weighted by atomic mass is 16.5. The minimum Gasteiger partial charge on any atom is -0.458 e. The van der Waals surface area contributed by atoms with Crippen LogP contribution in [0.15, 0.2) is 97.1 Å². The summed E-state index contributed by atoms with van der Waals surface area (Å²) in [6.45, 7) is 34.7. The lowest BCUT2D eigenvalue weighted by molar-refractivity contribution is 0.463. The van der Waals surface area contributed by atoms with E-state index >= 15 is 0 Å². The molecule has 4 aromatic heterocycles. The molecule has 7 aromatic carbocycles. The third-order valence-electron chi connectivity index (χ3n) is 15.8. The first kappa shape index (κ1) is 41.0. The third-order valence-corrected chi connectivity index (χ3v) is 15.8. The summed E-state index contributed by atoms with van der Waals surface area (Å²) in [6.07, 6.45) is 0. The average molecular weight is 877 g/mol. The number of benzene rings is 7. The highest BCUT2D eigenvalue weighted by Gasteiger charge is 2.44. The fourth-order valence-electron chi connectivity index (χ4n) is 11.9. The molecule has 0 saturated heterocycles. The summed E-state index contributed by atoms with van der Waals surface area (Å²) in [4.78, 5) is 0. The van der Waals surface area contributed by atoms with Gasteiger partial charge in [0.15, 0.2) is 0 Å². The monoisotopic (exact) mass is 876 g/mol. The van der Waals surface area contributed by atoms with Gasteiger partial charge in [-0.2, -0.15) is 0 Å². The van der Waals surface area contributed by atoms with Gasteiger partial charge in [-0.3, -0.25) is 0 Å². The highest BCUT2D eigenvalue weighted by molar-refractivity contribution is 6.98. The normalized spacial score (nSPS) is 14.7. The first-order chi connectivity index (χ1) is 31.4. The van der Waals surface area contributed by atoms with Crippen molar-refractivity contribution in [3.8, 4) is 23.0 Å². The maximum absolute atomic E-state index is 7.47. The van der Waals surface area contributed by atoms with Crippen LogP contribution < -0.4 is 25.9 Å². The lowest BCUT2D eigenvalue weighted by atomic mass is 9.34. The standard InChI is InChI=1S/C62H61BN2O2/c1-58(2,3)32-16-20-45-37(24-32)39-26-34(60(7,8)9)28-41-51-47(64(45)54(39)41)22-18-43-56(51)66-49-30-36(62(13,14)15)31-50-53(49)63(43)44-19-23-48-52(57(44)67-50)42-29-35(61(10,11)12)27-40-38-25-33(59(4,5)6)17-21-46(38)65(48)55(40)42/h16-31H,1-15H3. The van der Waals surface area contributed by atoms with Gasteiger partial charge in [0.2, 0.25) is 0 Å². The zero-order valence-electron chi connectivity index (χ0n) is 42.0. The largest absolute Gasteiger partial charge is 0.458 e. The molecule has 0 atom stereocenters. The van der Waals surface area contributed by atoms with Crippen LogP contribution in [0.2, 0.25) is 0 Å². The molecule has 0 saturated carbocycles. The van der Waals surface area contributed by atoms with Crippen LogP contribution in [-0.4, -0.2) is 15.5 Å². The number of nitrogens with zero attached hydrogens (tertiary/aromatic N) is 2. The van der Waals surface area contributed by atoms with E-state index < -0.39 is 0 Å². The molecule has 2 aliphatic heterocycles. The van der Waals surface area contributed by atoms with Crippen molar-refractivity contribution in [1.82, 2.24) is 8.80 Å². The molecule has 2 aliphatic rings. The van der Waals surface area contributed by atoms with Crippen LogP contribution in [0.5, 0.6) is 23.0 Å². The molecule has 0 amide bonds. The van der Waals surface area contributed by atoms with Crippen molar-refractivity contribution < 1.29 is 9.47 Å². The first-order valence-electron chi connectivity index (χ1n) is 24.5. The van der Waals surface area contributed by atoms with Crippen molar-refractivity contribution in [3.05, 3.63) is 125 Å². The fourth-order valence-corrected chi connectivity index (χ4v) is 11.9. The number of aromatic nitrogens is 2. The Bertz CT molecular complexity index is 3740. The van der Waals surface area contributed by atoms with Gasteiger partial charge in [-0.25, -0.2) is 0 Å². The smallest absolute Gasteiger partial charge is 0.260 e. The molecule has 0 aliphatic carbocycles. The number of hydrogen-bond donors (Lipinski definition) is 0. The van der Waals surface area contributed by atoms with Crippen LogP contribution >= 0.6 is 0 Å². The summed E-state index contributed by atoms with van der Waals surface area (Å²) >= 11 is 0. The summed E-state index contributed by atoms with van der Waals surface area (Å²) in [5, 5.41) is 10.1. The van der Waals surface area contributed by atoms with Crippen molar-refractivity contribution >= 4 is 99.3 Å². The van der Waals surface area contributed by atoms with Gasteiger partial charge >= 0.3 is 0 Å². The Morgan fingerprint density at radius 1 is 0.343 bits per heavy atom. The molecule has 6 heterocycles. The Kier molecular flexibility index (Phi) is 7.63. The molecule has 13 rings (SSSR count). The van der Waals surface area contributed by atoms with E-state index in [1.54, 1.807) is 0 Å².